The van der Waals surface area contributed by atoms with Crippen LogP contribution in [0.1, 0.15) is 28.8 Å². The summed E-state index contributed by atoms with van der Waals surface area (Å²) in [5, 5.41) is 11.2. The molecule has 8 aromatic rings. The van der Waals surface area contributed by atoms with Crippen molar-refractivity contribution in [3.05, 3.63) is 145 Å². The molecule has 0 saturated heterocycles. The summed E-state index contributed by atoms with van der Waals surface area (Å²) in [5.74, 6) is 0. The third-order valence-electron chi connectivity index (χ3n) is 10.6. The fourth-order valence-corrected chi connectivity index (χ4v) is 9.43. The molecule has 224 valence electrons. The zero-order chi connectivity index (χ0) is 31.6. The molecule has 2 unspecified atom stereocenters. The number of nitrogens with zero attached hydrogens (tertiary/aromatic N) is 2. The van der Waals surface area contributed by atoms with E-state index in [0.717, 1.165) is 33.2 Å². The van der Waals surface area contributed by atoms with Crippen molar-refractivity contribution >= 4 is 73.2 Å². The van der Waals surface area contributed by atoms with Gasteiger partial charge in [-0.1, -0.05) is 105 Å². The number of furan rings is 1. The number of allylic oxidation sites excluding steroid dienone is 1. The molecule has 2 aromatic heterocycles. The molecule has 3 nitrogen and oxygen atoms in total. The molecule has 0 amide bonds. The number of pyridine rings is 1. The average Bonchev–Trinajstić information content (AvgIpc) is 3.47. The van der Waals surface area contributed by atoms with E-state index in [1.165, 1.54) is 59.9 Å². The fraction of sp³-hybridized carbons (Fsp3) is 0.116. The standard InChI is InChI=1S/C43H33N2OSi/c1-5-37-40-33(42-41(44-37)31-17-11-10-16-30(31)38-21-18-25(24-45(38)42)47(2,3)4)20-19-32-36-22-34-28-14-8-6-12-26(28)27-13-7-9-15-29(27)35(34)23-39(36)46-43(32)40/h5-24,41-42H,1H2,2-4H3/q+1. The second-order valence-electron chi connectivity index (χ2n) is 14.1. The third kappa shape index (κ3) is 3.62. The van der Waals surface area contributed by atoms with Crippen molar-refractivity contribution < 1.29 is 8.98 Å². The molecule has 0 radical (unpaired) electrons. The lowest BCUT2D eigenvalue weighted by Gasteiger charge is -2.33. The van der Waals surface area contributed by atoms with Crippen LogP contribution in [0.5, 0.6) is 0 Å². The first-order valence-corrected chi connectivity index (χ1v) is 20.0. The monoisotopic (exact) mass is 621 g/mol. The average molecular weight is 622 g/mol. The van der Waals surface area contributed by atoms with E-state index < -0.39 is 8.07 Å². The van der Waals surface area contributed by atoms with Crippen LogP contribution in [-0.2, 0) is 0 Å². The van der Waals surface area contributed by atoms with Crippen molar-refractivity contribution in [1.29, 1.82) is 0 Å². The summed E-state index contributed by atoms with van der Waals surface area (Å²) in [7, 11) is -1.57. The third-order valence-corrected chi connectivity index (χ3v) is 12.6. The molecule has 0 aliphatic carbocycles. The van der Waals surface area contributed by atoms with E-state index in [-0.39, 0.29) is 12.1 Å². The van der Waals surface area contributed by atoms with Crippen LogP contribution in [-0.4, -0.2) is 13.8 Å². The molecule has 6 aromatic carbocycles. The van der Waals surface area contributed by atoms with Crippen molar-refractivity contribution in [1.82, 2.24) is 0 Å². The van der Waals surface area contributed by atoms with E-state index >= 15 is 0 Å². The second-order valence-corrected chi connectivity index (χ2v) is 19.2. The molecule has 47 heavy (non-hydrogen) atoms. The molecule has 10 rings (SSSR count). The summed E-state index contributed by atoms with van der Waals surface area (Å²) in [4.78, 5) is 5.48. The Morgan fingerprint density at radius 3 is 2.04 bits per heavy atom. The van der Waals surface area contributed by atoms with E-state index in [2.05, 4.69) is 146 Å². The van der Waals surface area contributed by atoms with Crippen LogP contribution in [0.4, 0.5) is 0 Å². The predicted octanol–water partition coefficient (Wildman–Crippen LogP) is 10.2. The summed E-state index contributed by atoms with van der Waals surface area (Å²) in [6.07, 6.45) is 4.33. The molecule has 2 aliphatic rings. The van der Waals surface area contributed by atoms with Gasteiger partial charge in [0.2, 0.25) is 11.7 Å². The van der Waals surface area contributed by atoms with Crippen molar-refractivity contribution in [3.8, 4) is 11.3 Å². The lowest BCUT2D eigenvalue weighted by atomic mass is 9.80. The molecule has 4 heteroatoms. The molecule has 2 aliphatic heterocycles. The Morgan fingerprint density at radius 1 is 0.681 bits per heavy atom. The van der Waals surface area contributed by atoms with Gasteiger partial charge in [-0.2, -0.15) is 4.57 Å². The number of aromatic nitrogens is 1. The van der Waals surface area contributed by atoms with Crippen LogP contribution in [0.3, 0.4) is 0 Å². The Bertz CT molecular complexity index is 2710. The summed E-state index contributed by atoms with van der Waals surface area (Å²) in [6.45, 7) is 11.5. The zero-order valence-electron chi connectivity index (χ0n) is 26.7. The van der Waals surface area contributed by atoms with Gasteiger partial charge in [0.15, 0.2) is 6.20 Å². The van der Waals surface area contributed by atoms with Crippen LogP contribution in [0, 0.1) is 0 Å². The van der Waals surface area contributed by atoms with E-state index in [1.807, 2.05) is 6.08 Å². The topological polar surface area (TPSA) is 29.4 Å². The lowest BCUT2D eigenvalue weighted by Crippen LogP contribution is -2.53. The van der Waals surface area contributed by atoms with E-state index in [0.29, 0.717) is 0 Å². The summed E-state index contributed by atoms with van der Waals surface area (Å²) in [5.41, 5.74) is 8.73. The maximum atomic E-state index is 6.94. The van der Waals surface area contributed by atoms with Gasteiger partial charge in [0.05, 0.1) is 24.9 Å². The van der Waals surface area contributed by atoms with Crippen LogP contribution < -0.4 is 9.75 Å². The number of fused-ring (bicyclic) bond motifs is 18. The van der Waals surface area contributed by atoms with Gasteiger partial charge in [-0.25, -0.2) is 0 Å². The Labute approximate surface area is 274 Å². The van der Waals surface area contributed by atoms with Gasteiger partial charge in [-0.05, 0) is 68.2 Å². The first-order valence-electron chi connectivity index (χ1n) is 16.5. The van der Waals surface area contributed by atoms with Crippen molar-refractivity contribution in [2.75, 3.05) is 0 Å². The van der Waals surface area contributed by atoms with Gasteiger partial charge in [0.25, 0.3) is 0 Å². The number of rotatable bonds is 2. The van der Waals surface area contributed by atoms with Gasteiger partial charge < -0.3 is 4.42 Å². The molecule has 0 N–H and O–H groups in total. The minimum Gasteiger partial charge on any atom is -0.455 e. The quantitative estimate of drug-likeness (QED) is 0.107. The second kappa shape index (κ2) is 9.37. The van der Waals surface area contributed by atoms with Crippen molar-refractivity contribution in [2.24, 2.45) is 4.99 Å². The Balaban J connectivity index is 1.29. The van der Waals surface area contributed by atoms with E-state index in [4.69, 9.17) is 9.41 Å². The number of hydrogen-bond acceptors (Lipinski definition) is 2. The maximum Gasteiger partial charge on any atom is 0.213 e. The highest BCUT2D eigenvalue weighted by atomic mass is 28.3. The smallest absolute Gasteiger partial charge is 0.213 e. The summed E-state index contributed by atoms with van der Waals surface area (Å²) in [6, 6.07) is 40.1. The molecular formula is C43H33N2OSi+. The highest BCUT2D eigenvalue weighted by molar-refractivity contribution is 6.88. The highest BCUT2D eigenvalue weighted by Gasteiger charge is 2.46. The summed E-state index contributed by atoms with van der Waals surface area (Å²) >= 11 is 0. The van der Waals surface area contributed by atoms with Gasteiger partial charge in [0.1, 0.15) is 17.2 Å². The molecule has 0 saturated carbocycles. The van der Waals surface area contributed by atoms with Gasteiger partial charge in [0, 0.05) is 27.6 Å². The highest BCUT2D eigenvalue weighted by Crippen LogP contribution is 2.48. The molecule has 4 heterocycles. The maximum absolute atomic E-state index is 6.94. The van der Waals surface area contributed by atoms with E-state index in [9.17, 15) is 0 Å². The van der Waals surface area contributed by atoms with Crippen LogP contribution in [0.25, 0.3) is 65.5 Å². The minimum absolute atomic E-state index is 0.0134. The van der Waals surface area contributed by atoms with Gasteiger partial charge >= 0.3 is 0 Å². The van der Waals surface area contributed by atoms with Gasteiger partial charge in [-0.15, -0.1) is 0 Å². The Morgan fingerprint density at radius 2 is 1.34 bits per heavy atom. The molecule has 0 bridgehead atoms. The summed E-state index contributed by atoms with van der Waals surface area (Å²) < 4.78 is 9.44. The molecular weight excluding hydrogens is 589 g/mol. The van der Waals surface area contributed by atoms with Gasteiger partial charge in [-0.3, -0.25) is 4.99 Å². The van der Waals surface area contributed by atoms with E-state index in [1.54, 1.807) is 0 Å². The van der Waals surface area contributed by atoms with Crippen molar-refractivity contribution in [3.63, 3.8) is 0 Å². The lowest BCUT2D eigenvalue weighted by molar-refractivity contribution is -0.708. The first-order chi connectivity index (χ1) is 22.9. The van der Waals surface area contributed by atoms with Crippen molar-refractivity contribution in [2.45, 2.75) is 31.7 Å². The Kier molecular flexibility index (Phi) is 5.35. The predicted molar refractivity (Wildman–Crippen MR) is 199 cm³/mol. The SMILES string of the molecule is C=CC1=NC2c3ccccc3-c3ccc([Si](C)(C)C)c[n+]3C2c2ccc3c(oc4cc5c6ccccc6c6ccccc6c5cc43)c21. The normalized spacial score (nSPS) is 17.0. The first kappa shape index (κ1) is 26.9. The number of aliphatic imine (C=N–C) groups is 1. The van der Waals surface area contributed by atoms with Crippen LogP contribution in [0.2, 0.25) is 19.6 Å². The number of hydrogen-bond donors (Lipinski definition) is 0. The van der Waals surface area contributed by atoms with Crippen LogP contribution >= 0.6 is 0 Å². The molecule has 2 atom stereocenters. The number of benzene rings is 6. The fourth-order valence-electron chi connectivity index (χ4n) is 8.32. The zero-order valence-corrected chi connectivity index (χ0v) is 27.7. The molecule has 0 fully saturated rings. The largest absolute Gasteiger partial charge is 0.455 e. The van der Waals surface area contributed by atoms with Crippen LogP contribution in [0.15, 0.2) is 137 Å². The minimum atomic E-state index is -1.57. The molecule has 0 spiro atoms. The Hall–Kier alpha value is -5.32.